The van der Waals surface area contributed by atoms with Crippen LogP contribution in [0.25, 0.3) is 0 Å². The fourth-order valence-electron chi connectivity index (χ4n) is 2.00. The summed E-state index contributed by atoms with van der Waals surface area (Å²) in [5.41, 5.74) is 6.30. The highest BCUT2D eigenvalue weighted by molar-refractivity contribution is 5.94. The van der Waals surface area contributed by atoms with E-state index in [-0.39, 0.29) is 18.2 Å². The maximum atomic E-state index is 12.4. The summed E-state index contributed by atoms with van der Waals surface area (Å²) in [7, 11) is 0. The molecule has 5 heteroatoms. The van der Waals surface area contributed by atoms with Crippen LogP contribution < -0.4 is 10.6 Å². The first-order chi connectivity index (χ1) is 9.56. The smallest absolute Gasteiger partial charge is 0.303 e. The van der Waals surface area contributed by atoms with Gasteiger partial charge in [0, 0.05) is 24.6 Å². The van der Waals surface area contributed by atoms with Gasteiger partial charge in [0.15, 0.2) is 0 Å². The van der Waals surface area contributed by atoms with Crippen LogP contribution >= 0.6 is 0 Å². The number of carbonyl (C=O) groups is 2. The molecule has 20 heavy (non-hydrogen) atoms. The molecule has 0 aliphatic heterocycles. The van der Waals surface area contributed by atoms with Gasteiger partial charge in [-0.25, -0.2) is 0 Å². The van der Waals surface area contributed by atoms with Crippen molar-refractivity contribution in [2.75, 3.05) is 18.0 Å². The number of para-hydroxylation sites is 1. The van der Waals surface area contributed by atoms with Gasteiger partial charge in [0.1, 0.15) is 0 Å². The van der Waals surface area contributed by atoms with Crippen LogP contribution in [0.4, 0.5) is 5.69 Å². The number of amides is 1. The third-order valence-electron chi connectivity index (χ3n) is 3.13. The Labute approximate surface area is 119 Å². The van der Waals surface area contributed by atoms with Gasteiger partial charge in [0.25, 0.3) is 0 Å². The van der Waals surface area contributed by atoms with Crippen LogP contribution in [0.1, 0.15) is 26.2 Å². The normalized spacial score (nSPS) is 11.9. The van der Waals surface area contributed by atoms with E-state index in [1.165, 1.54) is 0 Å². The molecule has 3 N–H and O–H groups in total. The summed E-state index contributed by atoms with van der Waals surface area (Å²) in [6, 6.07) is 9.31. The second-order valence-electron chi connectivity index (χ2n) is 4.80. The molecular weight excluding hydrogens is 256 g/mol. The zero-order valence-electron chi connectivity index (χ0n) is 11.8. The van der Waals surface area contributed by atoms with Crippen LogP contribution in [0.5, 0.6) is 0 Å². The van der Waals surface area contributed by atoms with Crippen LogP contribution in [-0.2, 0) is 9.59 Å². The standard InChI is InChI=1S/C15H22N2O3/c1-12(9-10-16)15(20)17(11-5-8-14(18)19)13-6-3-2-4-7-13/h2-4,6-7,12H,5,8-11,16H2,1H3,(H,18,19). The number of hydrogen-bond acceptors (Lipinski definition) is 3. The van der Waals surface area contributed by atoms with Crippen molar-refractivity contribution in [2.45, 2.75) is 26.2 Å². The molecule has 0 bridgehead atoms. The molecule has 0 saturated heterocycles. The van der Waals surface area contributed by atoms with Gasteiger partial charge in [-0.05, 0) is 31.5 Å². The Hall–Kier alpha value is -1.88. The zero-order valence-corrected chi connectivity index (χ0v) is 11.8. The van der Waals surface area contributed by atoms with Crippen LogP contribution in [0.15, 0.2) is 30.3 Å². The second kappa shape index (κ2) is 8.32. The molecule has 0 aliphatic carbocycles. The van der Waals surface area contributed by atoms with Crippen molar-refractivity contribution in [1.29, 1.82) is 0 Å². The van der Waals surface area contributed by atoms with E-state index in [9.17, 15) is 9.59 Å². The van der Waals surface area contributed by atoms with Crippen molar-refractivity contribution in [2.24, 2.45) is 11.7 Å². The van der Waals surface area contributed by atoms with Crippen LogP contribution in [0.3, 0.4) is 0 Å². The fourth-order valence-corrected chi connectivity index (χ4v) is 2.00. The molecule has 110 valence electrons. The Bertz CT molecular complexity index is 434. The largest absolute Gasteiger partial charge is 0.481 e. The summed E-state index contributed by atoms with van der Waals surface area (Å²) in [5.74, 6) is -1.02. The minimum absolute atomic E-state index is 0.00737. The number of benzene rings is 1. The Morgan fingerprint density at radius 3 is 2.50 bits per heavy atom. The molecule has 0 spiro atoms. The molecule has 1 atom stereocenters. The van der Waals surface area contributed by atoms with Crippen molar-refractivity contribution >= 4 is 17.6 Å². The topological polar surface area (TPSA) is 83.6 Å². The molecule has 0 radical (unpaired) electrons. The lowest BCUT2D eigenvalue weighted by molar-refractivity contribution is -0.137. The summed E-state index contributed by atoms with van der Waals surface area (Å²) in [5, 5.41) is 8.71. The molecule has 0 fully saturated rings. The Kier molecular flexibility index (Phi) is 6.73. The van der Waals surface area contributed by atoms with E-state index in [0.29, 0.717) is 25.9 Å². The average Bonchev–Trinajstić information content (AvgIpc) is 2.44. The number of carboxylic acids is 1. The van der Waals surface area contributed by atoms with Crippen molar-refractivity contribution in [3.63, 3.8) is 0 Å². The molecule has 0 aromatic heterocycles. The monoisotopic (exact) mass is 278 g/mol. The number of nitrogens with zero attached hydrogens (tertiary/aromatic N) is 1. The van der Waals surface area contributed by atoms with E-state index in [1.54, 1.807) is 4.90 Å². The van der Waals surface area contributed by atoms with Crippen molar-refractivity contribution in [1.82, 2.24) is 0 Å². The SMILES string of the molecule is CC(CCN)C(=O)N(CCCC(=O)O)c1ccccc1. The molecular formula is C15H22N2O3. The highest BCUT2D eigenvalue weighted by Crippen LogP contribution is 2.18. The molecule has 5 nitrogen and oxygen atoms in total. The zero-order chi connectivity index (χ0) is 15.0. The van der Waals surface area contributed by atoms with Gasteiger partial charge in [0.05, 0.1) is 0 Å². The maximum Gasteiger partial charge on any atom is 0.303 e. The van der Waals surface area contributed by atoms with Gasteiger partial charge in [-0.15, -0.1) is 0 Å². The highest BCUT2D eigenvalue weighted by atomic mass is 16.4. The Morgan fingerprint density at radius 1 is 1.30 bits per heavy atom. The average molecular weight is 278 g/mol. The van der Waals surface area contributed by atoms with E-state index in [4.69, 9.17) is 10.8 Å². The number of carbonyl (C=O) groups excluding carboxylic acids is 1. The molecule has 1 aromatic carbocycles. The lowest BCUT2D eigenvalue weighted by Crippen LogP contribution is -2.37. The van der Waals surface area contributed by atoms with E-state index in [2.05, 4.69) is 0 Å². The van der Waals surface area contributed by atoms with Crippen molar-refractivity contribution in [3.05, 3.63) is 30.3 Å². The molecule has 0 aliphatic rings. The Balaban J connectivity index is 2.79. The van der Waals surface area contributed by atoms with Gasteiger partial charge in [-0.2, -0.15) is 0 Å². The first-order valence-corrected chi connectivity index (χ1v) is 6.84. The molecule has 0 saturated carbocycles. The fraction of sp³-hybridized carbons (Fsp3) is 0.467. The number of hydrogen-bond donors (Lipinski definition) is 2. The van der Waals surface area contributed by atoms with E-state index in [1.807, 2.05) is 37.3 Å². The van der Waals surface area contributed by atoms with Gasteiger partial charge in [-0.3, -0.25) is 9.59 Å². The van der Waals surface area contributed by atoms with E-state index in [0.717, 1.165) is 5.69 Å². The van der Waals surface area contributed by atoms with Crippen molar-refractivity contribution in [3.8, 4) is 0 Å². The van der Waals surface area contributed by atoms with E-state index < -0.39 is 5.97 Å². The Morgan fingerprint density at radius 2 is 1.95 bits per heavy atom. The van der Waals surface area contributed by atoms with Gasteiger partial charge in [-0.1, -0.05) is 25.1 Å². The number of aliphatic carboxylic acids is 1. The predicted octanol–water partition coefficient (Wildman–Crippen LogP) is 1.87. The summed E-state index contributed by atoms with van der Waals surface area (Å²) in [6.07, 6.45) is 1.12. The summed E-state index contributed by atoms with van der Waals surface area (Å²) < 4.78 is 0. The van der Waals surface area contributed by atoms with Gasteiger partial charge < -0.3 is 15.7 Å². The van der Waals surface area contributed by atoms with Gasteiger partial charge in [0.2, 0.25) is 5.91 Å². The number of anilines is 1. The predicted molar refractivity (Wildman–Crippen MR) is 78.5 cm³/mol. The minimum atomic E-state index is -0.847. The third-order valence-corrected chi connectivity index (χ3v) is 3.13. The van der Waals surface area contributed by atoms with Gasteiger partial charge >= 0.3 is 5.97 Å². The second-order valence-corrected chi connectivity index (χ2v) is 4.80. The minimum Gasteiger partial charge on any atom is -0.481 e. The molecule has 1 rings (SSSR count). The van der Waals surface area contributed by atoms with Crippen LogP contribution in [0, 0.1) is 5.92 Å². The highest BCUT2D eigenvalue weighted by Gasteiger charge is 2.21. The first kappa shape index (κ1) is 16.2. The molecule has 1 unspecified atom stereocenters. The molecule has 0 heterocycles. The quantitative estimate of drug-likeness (QED) is 0.760. The van der Waals surface area contributed by atoms with Crippen LogP contribution in [0.2, 0.25) is 0 Å². The van der Waals surface area contributed by atoms with Crippen LogP contribution in [-0.4, -0.2) is 30.1 Å². The summed E-state index contributed by atoms with van der Waals surface area (Å²) in [6.45, 7) is 2.72. The summed E-state index contributed by atoms with van der Waals surface area (Å²) in [4.78, 5) is 24.7. The number of nitrogens with two attached hydrogens (primary N) is 1. The summed E-state index contributed by atoms with van der Waals surface area (Å²) >= 11 is 0. The number of carboxylic acid groups (broad SMARTS) is 1. The molecule has 1 amide bonds. The van der Waals surface area contributed by atoms with E-state index >= 15 is 0 Å². The maximum absolute atomic E-state index is 12.4. The number of rotatable bonds is 8. The third kappa shape index (κ3) is 5.01. The first-order valence-electron chi connectivity index (χ1n) is 6.84. The lowest BCUT2D eigenvalue weighted by Gasteiger charge is -2.25. The van der Waals surface area contributed by atoms with Crippen molar-refractivity contribution < 1.29 is 14.7 Å². The molecule has 1 aromatic rings. The lowest BCUT2D eigenvalue weighted by atomic mass is 10.1.